The minimum Gasteiger partial charge on any atom is -0.491 e. The number of piperazine rings is 1. The van der Waals surface area contributed by atoms with Crippen molar-refractivity contribution in [2.75, 3.05) is 45.9 Å². The van der Waals surface area contributed by atoms with E-state index in [-0.39, 0.29) is 18.6 Å². The van der Waals surface area contributed by atoms with Crippen LogP contribution in [0.15, 0.2) is 30.3 Å². The largest absolute Gasteiger partial charge is 0.491 e. The van der Waals surface area contributed by atoms with Crippen LogP contribution in [-0.2, 0) is 9.53 Å². The van der Waals surface area contributed by atoms with Crippen molar-refractivity contribution in [1.82, 2.24) is 9.80 Å². The molecule has 2 saturated heterocycles. The molecular weight excluding hydrogens is 308 g/mol. The van der Waals surface area contributed by atoms with E-state index >= 15 is 0 Å². The van der Waals surface area contributed by atoms with Gasteiger partial charge in [-0.15, -0.1) is 0 Å². The number of amides is 1. The summed E-state index contributed by atoms with van der Waals surface area (Å²) < 4.78 is 11.1. The number of hydrogen-bond donors (Lipinski definition) is 1. The normalized spacial score (nSPS) is 23.2. The van der Waals surface area contributed by atoms with Gasteiger partial charge in [0.1, 0.15) is 24.6 Å². The van der Waals surface area contributed by atoms with Crippen LogP contribution in [0.2, 0.25) is 0 Å². The summed E-state index contributed by atoms with van der Waals surface area (Å²) >= 11 is 0. The highest BCUT2D eigenvalue weighted by atomic mass is 16.5. The van der Waals surface area contributed by atoms with Gasteiger partial charge in [-0.05, 0) is 25.0 Å². The highest BCUT2D eigenvalue weighted by Gasteiger charge is 2.30. The lowest BCUT2D eigenvalue weighted by Gasteiger charge is -2.36. The molecule has 0 spiro atoms. The minimum absolute atomic E-state index is 0.125. The van der Waals surface area contributed by atoms with Crippen LogP contribution in [-0.4, -0.2) is 79.0 Å². The van der Waals surface area contributed by atoms with Crippen LogP contribution in [0.4, 0.5) is 0 Å². The monoisotopic (exact) mass is 334 g/mol. The molecule has 0 saturated carbocycles. The van der Waals surface area contributed by atoms with Gasteiger partial charge in [-0.3, -0.25) is 9.69 Å². The average Bonchev–Trinajstić information content (AvgIpc) is 3.16. The van der Waals surface area contributed by atoms with Gasteiger partial charge in [0.25, 0.3) is 5.91 Å². The molecule has 0 aromatic heterocycles. The maximum atomic E-state index is 12.3. The van der Waals surface area contributed by atoms with Gasteiger partial charge in [-0.2, -0.15) is 0 Å². The molecule has 24 heavy (non-hydrogen) atoms. The van der Waals surface area contributed by atoms with E-state index in [4.69, 9.17) is 9.47 Å². The SMILES string of the molecule is O=C([C@@H]1CCCO1)N1CCN(C[C@H](O)COc2ccccc2)CC1. The molecule has 1 aromatic carbocycles. The lowest BCUT2D eigenvalue weighted by molar-refractivity contribution is -0.142. The summed E-state index contributed by atoms with van der Waals surface area (Å²) in [7, 11) is 0. The molecule has 0 unspecified atom stereocenters. The van der Waals surface area contributed by atoms with E-state index < -0.39 is 6.10 Å². The van der Waals surface area contributed by atoms with Crippen molar-refractivity contribution in [3.63, 3.8) is 0 Å². The zero-order chi connectivity index (χ0) is 16.8. The zero-order valence-corrected chi connectivity index (χ0v) is 14.0. The van der Waals surface area contributed by atoms with Crippen LogP contribution in [0.1, 0.15) is 12.8 Å². The topological polar surface area (TPSA) is 62.2 Å². The van der Waals surface area contributed by atoms with Crippen molar-refractivity contribution in [2.45, 2.75) is 25.0 Å². The fourth-order valence-electron chi connectivity index (χ4n) is 3.19. The zero-order valence-electron chi connectivity index (χ0n) is 14.0. The second-order valence-electron chi connectivity index (χ2n) is 6.41. The van der Waals surface area contributed by atoms with Gasteiger partial charge in [0.05, 0.1) is 0 Å². The van der Waals surface area contributed by atoms with E-state index in [0.717, 1.165) is 31.7 Å². The number of para-hydroxylation sites is 1. The fourth-order valence-corrected chi connectivity index (χ4v) is 3.19. The fraction of sp³-hybridized carbons (Fsp3) is 0.611. The summed E-state index contributed by atoms with van der Waals surface area (Å²) in [4.78, 5) is 16.4. The molecule has 1 aromatic rings. The van der Waals surface area contributed by atoms with E-state index in [1.165, 1.54) is 0 Å². The maximum absolute atomic E-state index is 12.3. The average molecular weight is 334 g/mol. The molecule has 2 aliphatic heterocycles. The number of β-amino-alcohol motifs (C(OH)–C–C–N with tert-alkyl or cyclic N) is 1. The van der Waals surface area contributed by atoms with Gasteiger partial charge in [-0.1, -0.05) is 18.2 Å². The molecule has 132 valence electrons. The number of hydrogen-bond acceptors (Lipinski definition) is 5. The molecule has 0 bridgehead atoms. The smallest absolute Gasteiger partial charge is 0.251 e. The van der Waals surface area contributed by atoms with Gasteiger partial charge < -0.3 is 19.5 Å². The lowest BCUT2D eigenvalue weighted by Crippen LogP contribution is -2.53. The van der Waals surface area contributed by atoms with Gasteiger partial charge in [-0.25, -0.2) is 0 Å². The maximum Gasteiger partial charge on any atom is 0.251 e. The molecule has 0 aliphatic carbocycles. The van der Waals surface area contributed by atoms with E-state index in [2.05, 4.69) is 4.90 Å². The first-order valence-electron chi connectivity index (χ1n) is 8.71. The third-order valence-electron chi connectivity index (χ3n) is 4.54. The van der Waals surface area contributed by atoms with E-state index in [1.807, 2.05) is 35.2 Å². The van der Waals surface area contributed by atoms with Crippen molar-refractivity contribution in [1.29, 1.82) is 0 Å². The van der Waals surface area contributed by atoms with E-state index in [1.54, 1.807) is 0 Å². The first-order valence-corrected chi connectivity index (χ1v) is 8.71. The van der Waals surface area contributed by atoms with Crippen LogP contribution in [0.3, 0.4) is 0 Å². The highest BCUT2D eigenvalue weighted by molar-refractivity contribution is 5.81. The highest BCUT2D eigenvalue weighted by Crippen LogP contribution is 2.16. The first-order chi connectivity index (χ1) is 11.7. The Balaban J connectivity index is 1.36. The van der Waals surface area contributed by atoms with Crippen molar-refractivity contribution >= 4 is 5.91 Å². The summed E-state index contributed by atoms with van der Waals surface area (Å²) in [6.07, 6.45) is 1.05. The predicted octanol–water partition coefficient (Wildman–Crippen LogP) is 0.750. The van der Waals surface area contributed by atoms with Crippen LogP contribution >= 0.6 is 0 Å². The quantitative estimate of drug-likeness (QED) is 0.832. The molecule has 2 heterocycles. The molecule has 2 atom stereocenters. The number of nitrogens with zero attached hydrogens (tertiary/aromatic N) is 2. The minimum atomic E-state index is -0.536. The number of rotatable bonds is 6. The molecular formula is C18H26N2O4. The van der Waals surface area contributed by atoms with Gasteiger partial charge >= 0.3 is 0 Å². The predicted molar refractivity (Wildman–Crippen MR) is 89.9 cm³/mol. The van der Waals surface area contributed by atoms with Crippen molar-refractivity contribution in [2.24, 2.45) is 0 Å². The van der Waals surface area contributed by atoms with Crippen LogP contribution in [0.5, 0.6) is 5.75 Å². The number of carbonyl (C=O) groups is 1. The molecule has 0 radical (unpaired) electrons. The van der Waals surface area contributed by atoms with Crippen LogP contribution < -0.4 is 4.74 Å². The third kappa shape index (κ3) is 4.69. The number of ether oxygens (including phenoxy) is 2. The van der Waals surface area contributed by atoms with Gasteiger partial charge in [0, 0.05) is 39.3 Å². The molecule has 2 aliphatic rings. The van der Waals surface area contributed by atoms with Crippen LogP contribution in [0.25, 0.3) is 0 Å². The van der Waals surface area contributed by atoms with Crippen LogP contribution in [0, 0.1) is 0 Å². The summed E-state index contributed by atoms with van der Waals surface area (Å²) in [5, 5.41) is 10.1. The molecule has 6 heteroatoms. The molecule has 1 amide bonds. The Labute approximate surface area is 143 Å². The second kappa shape index (κ2) is 8.46. The Morgan fingerprint density at radius 1 is 1.25 bits per heavy atom. The molecule has 2 fully saturated rings. The summed E-state index contributed by atoms with van der Waals surface area (Å²) in [5.41, 5.74) is 0. The van der Waals surface area contributed by atoms with E-state index in [0.29, 0.717) is 26.2 Å². The van der Waals surface area contributed by atoms with Gasteiger partial charge in [0.15, 0.2) is 0 Å². The Hall–Kier alpha value is -1.63. The Morgan fingerprint density at radius 2 is 2.00 bits per heavy atom. The van der Waals surface area contributed by atoms with Crippen molar-refractivity contribution in [3.05, 3.63) is 30.3 Å². The summed E-state index contributed by atoms with van der Waals surface area (Å²) in [5.74, 6) is 0.892. The molecule has 6 nitrogen and oxygen atoms in total. The number of aliphatic hydroxyl groups is 1. The standard InChI is InChI=1S/C18H26N2O4/c21-15(14-24-16-5-2-1-3-6-16)13-19-8-10-20(11-9-19)18(22)17-7-4-12-23-17/h1-3,5-6,15,17,21H,4,7-14H2/t15-,17-/m0/s1. The Morgan fingerprint density at radius 3 is 2.67 bits per heavy atom. The number of aliphatic hydroxyl groups excluding tert-OH is 1. The van der Waals surface area contributed by atoms with E-state index in [9.17, 15) is 9.90 Å². The lowest BCUT2D eigenvalue weighted by atomic mass is 10.2. The summed E-state index contributed by atoms with van der Waals surface area (Å²) in [6.45, 7) is 4.50. The third-order valence-corrected chi connectivity index (χ3v) is 4.54. The Bertz CT molecular complexity index is 511. The number of carbonyl (C=O) groups excluding carboxylic acids is 1. The molecule has 1 N–H and O–H groups in total. The molecule has 3 rings (SSSR count). The van der Waals surface area contributed by atoms with Crippen molar-refractivity contribution < 1.29 is 19.4 Å². The number of benzene rings is 1. The van der Waals surface area contributed by atoms with Crippen molar-refractivity contribution in [3.8, 4) is 5.75 Å². The summed E-state index contributed by atoms with van der Waals surface area (Å²) in [6, 6.07) is 9.50. The Kier molecular flexibility index (Phi) is 6.07. The first kappa shape index (κ1) is 17.2. The second-order valence-corrected chi connectivity index (χ2v) is 6.41. The van der Waals surface area contributed by atoms with Gasteiger partial charge in [0.2, 0.25) is 0 Å².